The molecule has 0 aliphatic heterocycles. The summed E-state index contributed by atoms with van der Waals surface area (Å²) in [7, 11) is 0. The number of benzene rings is 2. The molecule has 0 bridgehead atoms. The van der Waals surface area contributed by atoms with Gasteiger partial charge >= 0.3 is 0 Å². The number of nitrogens with one attached hydrogen (secondary N) is 1. The molecule has 0 radical (unpaired) electrons. The molecule has 0 aliphatic carbocycles. The van der Waals surface area contributed by atoms with Crippen molar-refractivity contribution in [3.63, 3.8) is 0 Å². The highest BCUT2D eigenvalue weighted by atomic mass is 79.9. The average Bonchev–Trinajstić information content (AvgIpc) is 2.32. The standard InChI is InChI=1S/C15H15BrN2S/c1-9-3-6-14(10(2)7-9)19-11-4-5-12(15(17)18)13(16)8-11/h3-8H,1-2H3,(H3,17,18). The third kappa shape index (κ3) is 3.39. The molecule has 0 unspecified atom stereocenters. The van der Waals surface area contributed by atoms with Gasteiger partial charge in [-0.1, -0.05) is 29.5 Å². The van der Waals surface area contributed by atoms with Crippen LogP contribution in [-0.2, 0) is 0 Å². The first-order valence-electron chi connectivity index (χ1n) is 5.86. The minimum absolute atomic E-state index is 0.0786. The van der Waals surface area contributed by atoms with Crippen LogP contribution in [0, 0.1) is 19.3 Å². The molecular formula is C15H15BrN2S. The Balaban J connectivity index is 2.29. The summed E-state index contributed by atoms with van der Waals surface area (Å²) in [5.41, 5.74) is 8.78. The third-order valence-corrected chi connectivity index (χ3v) is 4.61. The van der Waals surface area contributed by atoms with Crippen LogP contribution in [-0.4, -0.2) is 5.84 Å². The molecule has 2 aromatic rings. The molecule has 2 nitrogen and oxygen atoms in total. The van der Waals surface area contributed by atoms with Crippen LogP contribution in [0.5, 0.6) is 0 Å². The van der Waals surface area contributed by atoms with Gasteiger partial charge in [0.25, 0.3) is 0 Å². The molecule has 0 fully saturated rings. The number of hydrogen-bond donors (Lipinski definition) is 2. The van der Waals surface area contributed by atoms with E-state index in [4.69, 9.17) is 11.1 Å². The van der Waals surface area contributed by atoms with Crippen molar-refractivity contribution in [3.8, 4) is 0 Å². The first kappa shape index (κ1) is 14.2. The van der Waals surface area contributed by atoms with Gasteiger partial charge in [-0.05, 0) is 59.6 Å². The Labute approximate surface area is 126 Å². The van der Waals surface area contributed by atoms with E-state index in [9.17, 15) is 0 Å². The predicted octanol–water partition coefficient (Wildman–Crippen LogP) is 4.50. The van der Waals surface area contributed by atoms with Gasteiger partial charge in [0, 0.05) is 19.8 Å². The van der Waals surface area contributed by atoms with Crippen LogP contribution < -0.4 is 5.73 Å². The largest absolute Gasteiger partial charge is 0.384 e. The van der Waals surface area contributed by atoms with Gasteiger partial charge in [0.2, 0.25) is 0 Å². The fraction of sp³-hybridized carbons (Fsp3) is 0.133. The molecule has 19 heavy (non-hydrogen) atoms. The van der Waals surface area contributed by atoms with Crippen molar-refractivity contribution in [2.24, 2.45) is 5.73 Å². The van der Waals surface area contributed by atoms with Crippen LogP contribution in [0.25, 0.3) is 0 Å². The van der Waals surface area contributed by atoms with Gasteiger partial charge in [0.1, 0.15) is 5.84 Å². The lowest BCUT2D eigenvalue weighted by molar-refractivity contribution is 1.25. The van der Waals surface area contributed by atoms with Crippen LogP contribution in [0.2, 0.25) is 0 Å². The summed E-state index contributed by atoms with van der Waals surface area (Å²) >= 11 is 5.17. The summed E-state index contributed by atoms with van der Waals surface area (Å²) in [5, 5.41) is 7.47. The third-order valence-electron chi connectivity index (χ3n) is 2.79. The first-order chi connectivity index (χ1) is 8.97. The maximum Gasteiger partial charge on any atom is 0.123 e. The minimum Gasteiger partial charge on any atom is -0.384 e. The molecule has 0 aromatic heterocycles. The van der Waals surface area contributed by atoms with Crippen molar-refractivity contribution in [1.29, 1.82) is 5.41 Å². The molecule has 0 heterocycles. The lowest BCUT2D eigenvalue weighted by Crippen LogP contribution is -2.11. The normalized spacial score (nSPS) is 10.5. The molecule has 3 N–H and O–H groups in total. The van der Waals surface area contributed by atoms with Crippen molar-refractivity contribution < 1.29 is 0 Å². The predicted molar refractivity (Wildman–Crippen MR) is 85.2 cm³/mol. The van der Waals surface area contributed by atoms with Crippen molar-refractivity contribution in [3.05, 3.63) is 57.6 Å². The summed E-state index contributed by atoms with van der Waals surface area (Å²) in [6, 6.07) is 12.3. The quantitative estimate of drug-likeness (QED) is 0.641. The zero-order chi connectivity index (χ0) is 14.0. The van der Waals surface area contributed by atoms with E-state index in [1.165, 1.54) is 16.0 Å². The van der Waals surface area contributed by atoms with Gasteiger partial charge in [0.05, 0.1) is 0 Å². The maximum absolute atomic E-state index is 7.47. The number of halogens is 1. The Bertz CT molecular complexity index is 638. The van der Waals surface area contributed by atoms with Crippen molar-refractivity contribution in [1.82, 2.24) is 0 Å². The Morgan fingerprint density at radius 3 is 2.47 bits per heavy atom. The maximum atomic E-state index is 7.47. The number of aryl methyl sites for hydroxylation is 2. The molecule has 0 atom stereocenters. The molecule has 0 saturated carbocycles. The highest BCUT2D eigenvalue weighted by Gasteiger charge is 2.06. The number of nitrogens with two attached hydrogens (primary N) is 1. The Morgan fingerprint density at radius 2 is 1.89 bits per heavy atom. The van der Waals surface area contributed by atoms with Gasteiger partial charge in [-0.3, -0.25) is 5.41 Å². The highest BCUT2D eigenvalue weighted by Crippen LogP contribution is 2.33. The Hall–Kier alpha value is -1.26. The van der Waals surface area contributed by atoms with Crippen molar-refractivity contribution in [2.75, 3.05) is 0 Å². The highest BCUT2D eigenvalue weighted by molar-refractivity contribution is 9.10. The van der Waals surface area contributed by atoms with Crippen molar-refractivity contribution >= 4 is 33.5 Å². The zero-order valence-corrected chi connectivity index (χ0v) is 13.2. The fourth-order valence-electron chi connectivity index (χ4n) is 1.82. The second-order valence-electron chi connectivity index (χ2n) is 4.43. The van der Waals surface area contributed by atoms with Gasteiger partial charge in [-0.2, -0.15) is 0 Å². The molecule has 98 valence electrons. The van der Waals surface area contributed by atoms with Crippen LogP contribution in [0.15, 0.2) is 50.7 Å². The molecule has 2 rings (SSSR count). The SMILES string of the molecule is Cc1ccc(Sc2ccc(C(=N)N)c(Br)c2)c(C)c1. The number of rotatable bonds is 3. The molecule has 4 heteroatoms. The zero-order valence-electron chi connectivity index (χ0n) is 10.8. The van der Waals surface area contributed by atoms with Gasteiger partial charge in [-0.25, -0.2) is 0 Å². The van der Waals surface area contributed by atoms with Gasteiger partial charge < -0.3 is 5.73 Å². The van der Waals surface area contributed by atoms with Crippen LogP contribution >= 0.6 is 27.7 Å². The summed E-state index contributed by atoms with van der Waals surface area (Å²) < 4.78 is 0.856. The first-order valence-corrected chi connectivity index (χ1v) is 7.47. The van der Waals surface area contributed by atoms with Gasteiger partial charge in [0.15, 0.2) is 0 Å². The number of nitrogen functional groups attached to an aromatic ring is 1. The molecule has 0 spiro atoms. The summed E-state index contributed by atoms with van der Waals surface area (Å²) in [6.45, 7) is 4.22. The average molecular weight is 335 g/mol. The van der Waals surface area contributed by atoms with Crippen LogP contribution in [0.4, 0.5) is 0 Å². The van der Waals surface area contributed by atoms with Crippen LogP contribution in [0.1, 0.15) is 16.7 Å². The fourth-order valence-corrected chi connectivity index (χ4v) is 3.49. The topological polar surface area (TPSA) is 49.9 Å². The lowest BCUT2D eigenvalue weighted by atomic mass is 10.2. The minimum atomic E-state index is 0.0786. The van der Waals surface area contributed by atoms with E-state index < -0.39 is 0 Å². The van der Waals surface area contributed by atoms with E-state index in [0.717, 1.165) is 14.9 Å². The molecule has 0 amide bonds. The Morgan fingerprint density at radius 1 is 1.16 bits per heavy atom. The summed E-state index contributed by atoms with van der Waals surface area (Å²) in [5.74, 6) is 0.0786. The monoisotopic (exact) mass is 334 g/mol. The van der Waals surface area contributed by atoms with E-state index >= 15 is 0 Å². The lowest BCUT2D eigenvalue weighted by Gasteiger charge is -2.08. The molecule has 2 aromatic carbocycles. The number of hydrogen-bond acceptors (Lipinski definition) is 2. The second kappa shape index (κ2) is 5.80. The van der Waals surface area contributed by atoms with Crippen LogP contribution in [0.3, 0.4) is 0 Å². The smallest absolute Gasteiger partial charge is 0.123 e. The number of amidine groups is 1. The van der Waals surface area contributed by atoms with Gasteiger partial charge in [-0.15, -0.1) is 0 Å². The molecule has 0 saturated heterocycles. The summed E-state index contributed by atoms with van der Waals surface area (Å²) in [4.78, 5) is 2.37. The van der Waals surface area contributed by atoms with E-state index in [-0.39, 0.29) is 5.84 Å². The second-order valence-corrected chi connectivity index (χ2v) is 6.40. The van der Waals surface area contributed by atoms with E-state index in [1.807, 2.05) is 18.2 Å². The van der Waals surface area contributed by atoms with E-state index in [1.54, 1.807) is 11.8 Å². The summed E-state index contributed by atoms with van der Waals surface area (Å²) in [6.07, 6.45) is 0. The molecule has 0 aliphatic rings. The molecular weight excluding hydrogens is 320 g/mol. The Kier molecular flexibility index (Phi) is 4.32. The van der Waals surface area contributed by atoms with E-state index in [2.05, 4.69) is 48.0 Å². The van der Waals surface area contributed by atoms with E-state index in [0.29, 0.717) is 0 Å². The van der Waals surface area contributed by atoms with Crippen molar-refractivity contribution in [2.45, 2.75) is 23.6 Å².